The number of para-hydroxylation sites is 1. The van der Waals surface area contributed by atoms with Gasteiger partial charge in [-0.05, 0) is 48.0 Å². The number of nitrogens with zero attached hydrogens (tertiary/aromatic N) is 3. The van der Waals surface area contributed by atoms with Crippen LogP contribution in [-0.4, -0.2) is 48.0 Å². The highest BCUT2D eigenvalue weighted by Crippen LogP contribution is 2.17. The summed E-state index contributed by atoms with van der Waals surface area (Å²) in [5.41, 5.74) is 3.32. The lowest BCUT2D eigenvalue weighted by Gasteiger charge is -2.36. The van der Waals surface area contributed by atoms with Crippen LogP contribution in [0.25, 0.3) is 0 Å². The third-order valence-electron chi connectivity index (χ3n) is 5.26. The van der Waals surface area contributed by atoms with Crippen LogP contribution in [0.1, 0.15) is 15.9 Å². The Labute approximate surface area is 181 Å². The first kappa shape index (κ1) is 20.4. The van der Waals surface area contributed by atoms with Gasteiger partial charge in [-0.2, -0.15) is 0 Å². The predicted molar refractivity (Wildman–Crippen MR) is 121 cm³/mol. The number of hydrogen-bond donors (Lipinski definition) is 2. The first-order chi connectivity index (χ1) is 15.2. The standard InChI is InChI=1S/C24H25N5O2/c30-23(26-18-19-5-4-12-25-17-19)20-8-10-21(11-9-20)27-24(31)29-15-13-28(14-16-29)22-6-2-1-3-7-22/h1-12,17H,13-16,18H2,(H,26,30)(H,27,31). The lowest BCUT2D eigenvalue weighted by atomic mass is 10.2. The Morgan fingerprint density at radius 1 is 0.871 bits per heavy atom. The zero-order valence-electron chi connectivity index (χ0n) is 17.2. The van der Waals surface area contributed by atoms with Crippen molar-refractivity contribution in [3.8, 4) is 0 Å². The van der Waals surface area contributed by atoms with Crippen molar-refractivity contribution in [1.29, 1.82) is 0 Å². The van der Waals surface area contributed by atoms with E-state index in [0.29, 0.717) is 30.9 Å². The van der Waals surface area contributed by atoms with Crippen LogP contribution in [0.4, 0.5) is 16.2 Å². The fourth-order valence-electron chi connectivity index (χ4n) is 3.50. The molecule has 3 amide bonds. The van der Waals surface area contributed by atoms with Gasteiger partial charge in [-0.15, -0.1) is 0 Å². The second-order valence-electron chi connectivity index (χ2n) is 7.36. The number of aromatic nitrogens is 1. The maximum absolute atomic E-state index is 12.6. The van der Waals surface area contributed by atoms with E-state index < -0.39 is 0 Å². The van der Waals surface area contributed by atoms with Crippen molar-refractivity contribution < 1.29 is 9.59 Å². The topological polar surface area (TPSA) is 77.6 Å². The van der Waals surface area contributed by atoms with Gasteiger partial charge >= 0.3 is 6.03 Å². The van der Waals surface area contributed by atoms with Gasteiger partial charge in [0.05, 0.1) is 0 Å². The minimum absolute atomic E-state index is 0.124. The summed E-state index contributed by atoms with van der Waals surface area (Å²) in [6.45, 7) is 3.34. The number of hydrogen-bond acceptors (Lipinski definition) is 4. The second-order valence-corrected chi connectivity index (χ2v) is 7.36. The van der Waals surface area contributed by atoms with E-state index in [9.17, 15) is 9.59 Å². The van der Waals surface area contributed by atoms with Gasteiger partial charge in [-0.3, -0.25) is 9.78 Å². The Morgan fingerprint density at radius 3 is 2.29 bits per heavy atom. The molecule has 4 rings (SSSR count). The van der Waals surface area contributed by atoms with Crippen molar-refractivity contribution in [1.82, 2.24) is 15.2 Å². The highest BCUT2D eigenvalue weighted by Gasteiger charge is 2.21. The van der Waals surface area contributed by atoms with Crippen molar-refractivity contribution >= 4 is 23.3 Å². The molecule has 2 heterocycles. The van der Waals surface area contributed by atoms with E-state index in [1.807, 2.05) is 35.2 Å². The van der Waals surface area contributed by atoms with Crippen molar-refractivity contribution in [2.24, 2.45) is 0 Å². The van der Waals surface area contributed by atoms with Gasteiger partial charge in [-0.25, -0.2) is 4.79 Å². The minimum atomic E-state index is -0.168. The van der Waals surface area contributed by atoms with E-state index in [1.54, 1.807) is 36.7 Å². The van der Waals surface area contributed by atoms with Crippen molar-refractivity contribution in [3.63, 3.8) is 0 Å². The molecule has 0 spiro atoms. The number of piperazine rings is 1. The zero-order chi connectivity index (χ0) is 21.5. The summed E-state index contributed by atoms with van der Waals surface area (Å²) in [7, 11) is 0. The molecule has 0 saturated carbocycles. The van der Waals surface area contributed by atoms with Gasteiger partial charge in [-0.1, -0.05) is 24.3 Å². The van der Waals surface area contributed by atoms with Crippen LogP contribution in [0.5, 0.6) is 0 Å². The Balaban J connectivity index is 1.26. The van der Waals surface area contributed by atoms with Gasteiger partial charge in [0.2, 0.25) is 0 Å². The lowest BCUT2D eigenvalue weighted by Crippen LogP contribution is -2.50. The lowest BCUT2D eigenvalue weighted by molar-refractivity contribution is 0.0951. The molecule has 1 aromatic heterocycles. The molecule has 2 N–H and O–H groups in total. The smallest absolute Gasteiger partial charge is 0.321 e. The van der Waals surface area contributed by atoms with Crippen LogP contribution < -0.4 is 15.5 Å². The predicted octanol–water partition coefficient (Wildman–Crippen LogP) is 3.37. The molecular weight excluding hydrogens is 390 g/mol. The minimum Gasteiger partial charge on any atom is -0.368 e. The molecule has 3 aromatic rings. The van der Waals surface area contributed by atoms with Gasteiger partial charge in [0.15, 0.2) is 0 Å². The summed E-state index contributed by atoms with van der Waals surface area (Å²) >= 11 is 0. The number of amides is 3. The van der Waals surface area contributed by atoms with Gasteiger partial charge < -0.3 is 20.4 Å². The Kier molecular flexibility index (Phi) is 6.42. The average molecular weight is 415 g/mol. The SMILES string of the molecule is O=C(NCc1cccnc1)c1ccc(NC(=O)N2CCN(c3ccccc3)CC2)cc1. The van der Waals surface area contributed by atoms with E-state index in [0.717, 1.165) is 18.7 Å². The van der Waals surface area contributed by atoms with Crippen LogP contribution in [0.15, 0.2) is 79.1 Å². The molecular formula is C24H25N5O2. The molecule has 2 aromatic carbocycles. The summed E-state index contributed by atoms with van der Waals surface area (Å²) < 4.78 is 0. The number of benzene rings is 2. The van der Waals surface area contributed by atoms with Crippen LogP contribution >= 0.6 is 0 Å². The second kappa shape index (κ2) is 9.75. The number of anilines is 2. The molecule has 1 aliphatic rings. The third-order valence-corrected chi connectivity index (χ3v) is 5.26. The summed E-state index contributed by atoms with van der Waals surface area (Å²) in [6.07, 6.45) is 3.42. The highest BCUT2D eigenvalue weighted by molar-refractivity contribution is 5.95. The Hall–Kier alpha value is -3.87. The molecule has 1 aliphatic heterocycles. The fraction of sp³-hybridized carbons (Fsp3) is 0.208. The van der Waals surface area contributed by atoms with Gasteiger partial charge in [0.25, 0.3) is 5.91 Å². The molecule has 7 heteroatoms. The normalized spacial score (nSPS) is 13.5. The molecule has 0 unspecified atom stereocenters. The maximum atomic E-state index is 12.6. The summed E-state index contributed by atoms with van der Waals surface area (Å²) in [5, 5.41) is 5.78. The van der Waals surface area contributed by atoms with Gasteiger partial charge in [0, 0.05) is 62.1 Å². The molecule has 7 nitrogen and oxygen atoms in total. The number of carbonyl (C=O) groups excluding carboxylic acids is 2. The summed E-state index contributed by atoms with van der Waals surface area (Å²) in [4.78, 5) is 33.0. The van der Waals surface area contributed by atoms with E-state index >= 15 is 0 Å². The van der Waals surface area contributed by atoms with Crippen LogP contribution in [0.2, 0.25) is 0 Å². The number of nitrogens with one attached hydrogen (secondary N) is 2. The molecule has 0 bridgehead atoms. The molecule has 1 saturated heterocycles. The molecule has 0 atom stereocenters. The number of pyridine rings is 1. The fourth-order valence-corrected chi connectivity index (χ4v) is 3.50. The van der Waals surface area contributed by atoms with E-state index in [1.165, 1.54) is 5.69 Å². The largest absolute Gasteiger partial charge is 0.368 e. The van der Waals surface area contributed by atoms with E-state index in [4.69, 9.17) is 0 Å². The first-order valence-corrected chi connectivity index (χ1v) is 10.3. The first-order valence-electron chi connectivity index (χ1n) is 10.3. The highest BCUT2D eigenvalue weighted by atomic mass is 16.2. The number of urea groups is 1. The Bertz CT molecular complexity index is 1000. The Morgan fingerprint density at radius 2 is 1.61 bits per heavy atom. The van der Waals surface area contributed by atoms with Gasteiger partial charge in [0.1, 0.15) is 0 Å². The monoisotopic (exact) mass is 415 g/mol. The van der Waals surface area contributed by atoms with Crippen LogP contribution in [-0.2, 0) is 6.54 Å². The molecule has 0 aliphatic carbocycles. The van der Waals surface area contributed by atoms with Crippen molar-refractivity contribution in [2.75, 3.05) is 36.4 Å². The third kappa shape index (κ3) is 5.39. The number of carbonyl (C=O) groups is 2. The summed E-state index contributed by atoms with van der Waals surface area (Å²) in [6, 6.07) is 20.8. The van der Waals surface area contributed by atoms with Crippen LogP contribution in [0.3, 0.4) is 0 Å². The molecule has 31 heavy (non-hydrogen) atoms. The summed E-state index contributed by atoms with van der Waals surface area (Å²) in [5.74, 6) is -0.168. The van der Waals surface area contributed by atoms with E-state index in [-0.39, 0.29) is 11.9 Å². The molecule has 1 fully saturated rings. The van der Waals surface area contributed by atoms with Crippen molar-refractivity contribution in [2.45, 2.75) is 6.54 Å². The molecule has 0 radical (unpaired) electrons. The zero-order valence-corrected chi connectivity index (χ0v) is 17.2. The number of rotatable bonds is 5. The van der Waals surface area contributed by atoms with Crippen molar-refractivity contribution in [3.05, 3.63) is 90.3 Å². The molecule has 158 valence electrons. The van der Waals surface area contributed by atoms with Crippen LogP contribution in [0, 0.1) is 0 Å². The van der Waals surface area contributed by atoms with E-state index in [2.05, 4.69) is 32.7 Å². The maximum Gasteiger partial charge on any atom is 0.321 e. The average Bonchev–Trinajstić information content (AvgIpc) is 2.84. The quantitative estimate of drug-likeness (QED) is 0.670.